The molecule has 5 heterocycles. The quantitative estimate of drug-likeness (QED) is 0.193. The second kappa shape index (κ2) is 15.4. The lowest BCUT2D eigenvalue weighted by Crippen LogP contribution is -2.55. The number of aromatic nitrogens is 3. The summed E-state index contributed by atoms with van der Waals surface area (Å²) in [4.78, 5) is 63.8. The fourth-order valence-corrected chi connectivity index (χ4v) is 10.9. The van der Waals surface area contributed by atoms with Gasteiger partial charge in [0, 0.05) is 41.8 Å². The topological polar surface area (TPSA) is 167 Å². The maximum Gasteiger partial charge on any atom is 0.333 e. The first-order valence-electron chi connectivity index (χ1n) is 20.7. The number of alkyl halides is 2. The minimum absolute atomic E-state index is 0.00434. The van der Waals surface area contributed by atoms with Crippen LogP contribution < -0.4 is 14.8 Å². The zero-order valence-electron chi connectivity index (χ0n) is 33.7. The van der Waals surface area contributed by atoms with Gasteiger partial charge in [0.1, 0.15) is 40.1 Å². The number of rotatable bonds is 10. The second-order valence-corrected chi connectivity index (χ2v) is 19.8. The van der Waals surface area contributed by atoms with Crippen molar-refractivity contribution < 1.29 is 45.9 Å². The van der Waals surface area contributed by atoms with E-state index in [9.17, 15) is 36.4 Å². The minimum atomic E-state index is -3.78. The summed E-state index contributed by atoms with van der Waals surface area (Å²) in [5.41, 5.74) is -0.203. The third kappa shape index (κ3) is 7.65. The zero-order chi connectivity index (χ0) is 41.9. The van der Waals surface area contributed by atoms with E-state index in [2.05, 4.69) is 10.4 Å². The van der Waals surface area contributed by atoms with Crippen LogP contribution in [-0.4, -0.2) is 92.8 Å². The van der Waals surface area contributed by atoms with Crippen LogP contribution in [0.1, 0.15) is 113 Å². The van der Waals surface area contributed by atoms with E-state index >= 15 is 0 Å². The number of sulfone groups is 1. The summed E-state index contributed by atoms with van der Waals surface area (Å²) in [6.07, 6.45) is 10.4. The summed E-state index contributed by atoms with van der Waals surface area (Å²) in [7, 11) is -2.19. The monoisotopic (exact) mass is 835 g/mol. The number of aryl methyl sites for hydroxylation is 2. The third-order valence-electron chi connectivity index (χ3n) is 13.3. The Morgan fingerprint density at radius 3 is 2.61 bits per heavy atom. The van der Waals surface area contributed by atoms with E-state index in [1.807, 2.05) is 37.3 Å². The number of allylic oxidation sites excluding steroid dienone is 1. The molecule has 3 fully saturated rings. The van der Waals surface area contributed by atoms with Crippen LogP contribution in [0.2, 0.25) is 0 Å². The van der Waals surface area contributed by atoms with E-state index in [4.69, 9.17) is 14.5 Å². The van der Waals surface area contributed by atoms with Crippen LogP contribution in [0.4, 0.5) is 8.78 Å². The number of carbonyl (C=O) groups is 4. The number of methoxy groups -OCH3 is 1. The second-order valence-electron chi connectivity index (χ2n) is 17.3. The predicted octanol–water partition coefficient (Wildman–Crippen LogP) is 5.88. The maximum absolute atomic E-state index is 14.9. The van der Waals surface area contributed by atoms with Crippen LogP contribution in [0, 0.1) is 11.8 Å². The molecule has 1 spiro atoms. The van der Waals surface area contributed by atoms with Crippen molar-refractivity contribution in [3.8, 4) is 11.5 Å². The van der Waals surface area contributed by atoms with E-state index in [-0.39, 0.29) is 31.5 Å². The van der Waals surface area contributed by atoms with Gasteiger partial charge in [0.2, 0.25) is 11.8 Å². The fraction of sp³-hybridized carbons (Fsp3) is 0.581. The lowest BCUT2D eigenvalue weighted by atomic mass is 9.87. The number of ketones is 2. The molecular formula is C43H51F2N5O8S. The minimum Gasteiger partial charge on any atom is -0.497 e. The standard InChI is InChI=1S/C43H51F2N5O8S/c1-4-31-37-29(30-21-28(57-3)12-13-32(30)46-31)14-16-42(58-37)23-34-38(53)47-43(36(52)24-59(55,56)41(2)17-18-41)22-27(43)11-9-7-5-6-8-10-26(39(54)49(34)25-42)20-35(51)33-15-19-50(48-33)40(44)45/h9,11-13,15,19,21,26-27,34,40H,4-8,10,14,16-18,20,22-25H2,1-3H3,(H,47,53)/b11-9-/t26-,27-,34+,42-,43-/m1/s1. The van der Waals surface area contributed by atoms with Gasteiger partial charge in [0.15, 0.2) is 21.4 Å². The molecule has 13 nitrogen and oxygen atoms in total. The molecule has 5 atom stereocenters. The number of ether oxygens (including phenoxy) is 2. The number of nitrogens with zero attached hydrogens (tertiary/aromatic N) is 4. The average molecular weight is 836 g/mol. The van der Waals surface area contributed by atoms with E-state index < -0.39 is 79.3 Å². The molecular weight excluding hydrogens is 785 g/mol. The average Bonchev–Trinajstić information content (AvgIpc) is 4.00. The van der Waals surface area contributed by atoms with Crippen molar-refractivity contribution >= 4 is 44.1 Å². The van der Waals surface area contributed by atoms with Gasteiger partial charge in [-0.15, -0.1) is 0 Å². The molecule has 2 amide bonds. The maximum atomic E-state index is 14.9. The largest absolute Gasteiger partial charge is 0.497 e. The summed E-state index contributed by atoms with van der Waals surface area (Å²) >= 11 is 0. The molecule has 1 N–H and O–H groups in total. The van der Waals surface area contributed by atoms with Crippen LogP contribution in [-0.2, 0) is 37.1 Å². The Labute approximate surface area is 342 Å². The van der Waals surface area contributed by atoms with Gasteiger partial charge in [-0.05, 0) is 89.0 Å². The smallest absolute Gasteiger partial charge is 0.333 e. The summed E-state index contributed by atoms with van der Waals surface area (Å²) < 4.78 is 65.4. The van der Waals surface area contributed by atoms with E-state index in [0.29, 0.717) is 67.5 Å². The molecule has 59 heavy (non-hydrogen) atoms. The van der Waals surface area contributed by atoms with Crippen molar-refractivity contribution in [1.29, 1.82) is 0 Å². The van der Waals surface area contributed by atoms with Gasteiger partial charge in [0.25, 0.3) is 0 Å². The number of fused-ring (bicyclic) bond motifs is 5. The molecule has 3 aliphatic heterocycles. The van der Waals surface area contributed by atoms with Crippen LogP contribution in [0.5, 0.6) is 11.5 Å². The predicted molar refractivity (Wildman–Crippen MR) is 213 cm³/mol. The van der Waals surface area contributed by atoms with Gasteiger partial charge in [-0.1, -0.05) is 31.9 Å². The van der Waals surface area contributed by atoms with E-state index in [1.165, 1.54) is 11.0 Å². The molecule has 1 aromatic carbocycles. The highest BCUT2D eigenvalue weighted by molar-refractivity contribution is 7.93. The van der Waals surface area contributed by atoms with Crippen molar-refractivity contribution in [2.45, 2.75) is 126 Å². The van der Waals surface area contributed by atoms with Gasteiger partial charge < -0.3 is 19.7 Å². The number of benzene rings is 1. The number of halogens is 2. The highest BCUT2D eigenvalue weighted by Gasteiger charge is 2.63. The highest BCUT2D eigenvalue weighted by Crippen LogP contribution is 2.50. The molecule has 0 bridgehead atoms. The molecule has 0 unspecified atom stereocenters. The molecule has 2 saturated carbocycles. The van der Waals surface area contributed by atoms with Crippen molar-refractivity contribution in [3.63, 3.8) is 0 Å². The van der Waals surface area contributed by atoms with Gasteiger partial charge in [-0.25, -0.2) is 18.1 Å². The molecule has 8 rings (SSSR count). The Balaban J connectivity index is 1.15. The SMILES string of the molecule is CCc1nc2ccc(OC)cc2c2c1O[C@]1(CC2)C[C@H]2C(=O)N[C@]3(C(=O)CS(=O)(=O)C4(C)CC4)C[C@H]3/C=C\CCCCC[C@H](CC(=O)c3ccn(C(F)F)n3)C(=O)N2C1. The summed E-state index contributed by atoms with van der Waals surface area (Å²) in [6.45, 7) is 0.684. The van der Waals surface area contributed by atoms with Crippen molar-refractivity contribution in [2.24, 2.45) is 11.8 Å². The van der Waals surface area contributed by atoms with Crippen LogP contribution in [0.3, 0.4) is 0 Å². The molecule has 5 aliphatic rings. The van der Waals surface area contributed by atoms with Crippen molar-refractivity contribution in [1.82, 2.24) is 25.0 Å². The van der Waals surface area contributed by atoms with Gasteiger partial charge >= 0.3 is 6.55 Å². The first kappa shape index (κ1) is 41.0. The molecule has 0 radical (unpaired) electrons. The summed E-state index contributed by atoms with van der Waals surface area (Å²) in [5.74, 6) is -2.95. The van der Waals surface area contributed by atoms with E-state index in [1.54, 1.807) is 14.0 Å². The third-order valence-corrected chi connectivity index (χ3v) is 15.9. The number of carbonyl (C=O) groups excluding carboxylic acids is 4. The highest BCUT2D eigenvalue weighted by atomic mass is 32.2. The number of hydrogen-bond acceptors (Lipinski definition) is 10. The van der Waals surface area contributed by atoms with Crippen LogP contribution in [0.15, 0.2) is 42.6 Å². The normalized spacial score (nSPS) is 28.4. The number of Topliss-reactive ketones (excluding diaryl/α,β-unsaturated/α-hetero) is 2. The Bertz CT molecular complexity index is 2340. The van der Waals surface area contributed by atoms with Crippen molar-refractivity contribution in [2.75, 3.05) is 19.4 Å². The molecule has 3 aromatic rings. The number of pyridine rings is 1. The first-order chi connectivity index (χ1) is 28.1. The molecule has 1 saturated heterocycles. The van der Waals surface area contributed by atoms with Gasteiger partial charge in [-0.3, -0.25) is 19.2 Å². The number of hydrogen-bond donors (Lipinski definition) is 1. The molecule has 2 aliphatic carbocycles. The fourth-order valence-electron chi connectivity index (χ4n) is 9.25. The summed E-state index contributed by atoms with van der Waals surface area (Å²) in [5, 5.41) is 7.61. The van der Waals surface area contributed by atoms with E-state index in [0.717, 1.165) is 41.2 Å². The number of amides is 2. The Kier molecular flexibility index (Phi) is 10.7. The number of nitrogens with one attached hydrogen (secondary N) is 1. The Morgan fingerprint density at radius 1 is 1.10 bits per heavy atom. The Morgan fingerprint density at radius 2 is 1.90 bits per heavy atom. The van der Waals surface area contributed by atoms with Crippen LogP contribution in [0.25, 0.3) is 10.9 Å². The molecule has 2 aromatic heterocycles. The lowest BCUT2D eigenvalue weighted by Gasteiger charge is -2.37. The van der Waals surface area contributed by atoms with Crippen LogP contribution >= 0.6 is 0 Å². The Hall–Kier alpha value is -4.73. The van der Waals surface area contributed by atoms with Crippen molar-refractivity contribution in [3.05, 3.63) is 59.6 Å². The molecule has 316 valence electrons. The van der Waals surface area contributed by atoms with Gasteiger partial charge in [-0.2, -0.15) is 13.9 Å². The van der Waals surface area contributed by atoms with Gasteiger partial charge in [0.05, 0.1) is 29.6 Å². The zero-order valence-corrected chi connectivity index (χ0v) is 34.5. The lowest BCUT2D eigenvalue weighted by molar-refractivity contribution is -0.142. The molecule has 16 heteroatoms. The summed E-state index contributed by atoms with van der Waals surface area (Å²) in [6, 6.07) is 5.75. The first-order valence-corrected chi connectivity index (χ1v) is 22.4.